The van der Waals surface area contributed by atoms with E-state index in [2.05, 4.69) is 4.74 Å². The summed E-state index contributed by atoms with van der Waals surface area (Å²) in [5.41, 5.74) is 0. The normalized spacial score (nSPS) is 15.7. The first kappa shape index (κ1) is 8.71. The van der Waals surface area contributed by atoms with Gasteiger partial charge in [0.2, 0.25) is 0 Å². The van der Waals surface area contributed by atoms with Crippen LogP contribution in [0.3, 0.4) is 0 Å². The van der Waals surface area contributed by atoms with Crippen LogP contribution in [0, 0.1) is 0 Å². The minimum Gasteiger partial charge on any atom is -0.341 e. The number of rotatable bonds is 2. The van der Waals surface area contributed by atoms with Crippen LogP contribution in [-0.2, 0) is 9.84 Å². The Hall–Kier alpha value is -0.290. The largest absolute Gasteiger partial charge is 0.411 e. The summed E-state index contributed by atoms with van der Waals surface area (Å²) in [6.07, 6.45) is -6.00. The van der Waals surface area contributed by atoms with Crippen LogP contribution in [-0.4, -0.2) is 19.1 Å². The van der Waals surface area contributed by atoms with Gasteiger partial charge in [-0.1, -0.05) is 0 Å². The van der Waals surface area contributed by atoms with Crippen molar-refractivity contribution < 1.29 is 23.0 Å². The molecule has 0 aromatic heterocycles. The summed E-state index contributed by atoms with van der Waals surface area (Å²) in [6.45, 7) is -0.455. The number of ether oxygens (including phenoxy) is 1. The summed E-state index contributed by atoms with van der Waals surface area (Å²) in [6, 6.07) is 0. The van der Waals surface area contributed by atoms with Crippen molar-refractivity contribution in [2.75, 3.05) is 6.61 Å². The van der Waals surface area contributed by atoms with Gasteiger partial charge in [-0.3, -0.25) is 0 Å². The Morgan fingerprint density at radius 2 is 2.00 bits per heavy atom. The van der Waals surface area contributed by atoms with Crippen molar-refractivity contribution in [3.05, 3.63) is 0 Å². The second-order valence-corrected chi connectivity index (χ2v) is 1.49. The van der Waals surface area contributed by atoms with Gasteiger partial charge in [-0.05, 0) is 6.92 Å². The van der Waals surface area contributed by atoms with Crippen molar-refractivity contribution in [1.29, 1.82) is 0 Å². The van der Waals surface area contributed by atoms with Crippen LogP contribution in [0.2, 0.25) is 0 Å². The highest BCUT2D eigenvalue weighted by Crippen LogP contribution is 2.14. The first-order valence-electron chi connectivity index (χ1n) is 2.26. The van der Waals surface area contributed by atoms with Crippen molar-refractivity contribution >= 4 is 0 Å². The van der Waals surface area contributed by atoms with Crippen molar-refractivity contribution in [1.82, 2.24) is 0 Å². The maximum absolute atomic E-state index is 11.2. The van der Waals surface area contributed by atoms with Gasteiger partial charge in [-0.2, -0.15) is 13.2 Å². The van der Waals surface area contributed by atoms with Crippen molar-refractivity contribution in [2.24, 2.45) is 0 Å². The van der Waals surface area contributed by atoms with Crippen LogP contribution in [0.1, 0.15) is 6.92 Å². The Morgan fingerprint density at radius 1 is 1.56 bits per heavy atom. The Morgan fingerprint density at radius 3 is 2.11 bits per heavy atom. The van der Waals surface area contributed by atoms with Gasteiger partial charge in [-0.15, -0.1) is 0 Å². The van der Waals surface area contributed by atoms with Gasteiger partial charge >= 0.3 is 6.18 Å². The van der Waals surface area contributed by atoms with E-state index in [1.165, 1.54) is 0 Å². The fourth-order valence-corrected chi connectivity index (χ4v) is 0.212. The van der Waals surface area contributed by atoms with Crippen LogP contribution in [0.4, 0.5) is 13.2 Å². The van der Waals surface area contributed by atoms with E-state index in [4.69, 9.17) is 0 Å². The smallest absolute Gasteiger partial charge is 0.341 e. The molecule has 0 aromatic rings. The highest BCUT2D eigenvalue weighted by Gasteiger charge is 2.28. The van der Waals surface area contributed by atoms with Crippen LogP contribution < -0.4 is 0 Å². The molecule has 2 nitrogen and oxygen atoms in total. The SMILES string of the molecule is CC([O])OCC(F)(F)F. The first-order valence-corrected chi connectivity index (χ1v) is 2.26. The molecule has 0 rings (SSSR count). The number of halogens is 3. The van der Waals surface area contributed by atoms with Crippen LogP contribution in [0.5, 0.6) is 0 Å². The second-order valence-electron chi connectivity index (χ2n) is 1.49. The maximum atomic E-state index is 11.2. The molecule has 0 saturated carbocycles. The minimum atomic E-state index is -4.39. The average molecular weight is 143 g/mol. The van der Waals surface area contributed by atoms with Crippen molar-refractivity contribution in [2.45, 2.75) is 19.4 Å². The van der Waals surface area contributed by atoms with Crippen LogP contribution >= 0.6 is 0 Å². The van der Waals surface area contributed by atoms with E-state index < -0.39 is 19.1 Å². The standard InChI is InChI=1S/C4H6F3O2/c1-3(8)9-2-4(5,6)7/h3H,2H2,1H3. The molecule has 0 aliphatic carbocycles. The molecule has 0 amide bonds. The molecule has 0 fully saturated rings. The minimum absolute atomic E-state index is 1.01. The van der Waals surface area contributed by atoms with E-state index in [0.717, 1.165) is 6.92 Å². The lowest BCUT2D eigenvalue weighted by Crippen LogP contribution is -2.20. The first-order chi connectivity index (χ1) is 3.92. The molecule has 0 heterocycles. The zero-order valence-corrected chi connectivity index (χ0v) is 4.73. The van der Waals surface area contributed by atoms with Gasteiger partial charge in [0.25, 0.3) is 0 Å². The van der Waals surface area contributed by atoms with Crippen LogP contribution in [0.25, 0.3) is 0 Å². The van der Waals surface area contributed by atoms with E-state index in [1.807, 2.05) is 0 Å². The van der Waals surface area contributed by atoms with E-state index in [0.29, 0.717) is 0 Å². The van der Waals surface area contributed by atoms with Crippen LogP contribution in [0.15, 0.2) is 0 Å². The fraction of sp³-hybridized carbons (Fsp3) is 1.00. The van der Waals surface area contributed by atoms with E-state index in [9.17, 15) is 18.3 Å². The lowest BCUT2D eigenvalue weighted by Gasteiger charge is -2.06. The predicted octanol–water partition coefficient (Wildman–Crippen LogP) is 1.34. The summed E-state index contributed by atoms with van der Waals surface area (Å²) in [5, 5.41) is 9.85. The monoisotopic (exact) mass is 143 g/mol. The molecule has 0 aliphatic heterocycles. The zero-order chi connectivity index (χ0) is 7.49. The molecule has 0 bridgehead atoms. The summed E-state index contributed by atoms with van der Waals surface area (Å²) in [5.74, 6) is 0. The molecule has 0 spiro atoms. The molecule has 1 unspecified atom stereocenters. The molecule has 5 heteroatoms. The van der Waals surface area contributed by atoms with Gasteiger partial charge in [0.15, 0.2) is 6.29 Å². The molecule has 55 valence electrons. The number of hydrogen-bond donors (Lipinski definition) is 0. The van der Waals surface area contributed by atoms with Gasteiger partial charge < -0.3 is 4.74 Å². The quantitative estimate of drug-likeness (QED) is 0.536. The van der Waals surface area contributed by atoms with Gasteiger partial charge in [-0.25, -0.2) is 5.11 Å². The zero-order valence-electron chi connectivity index (χ0n) is 4.73. The van der Waals surface area contributed by atoms with E-state index in [-0.39, 0.29) is 0 Å². The maximum Gasteiger partial charge on any atom is 0.411 e. The second kappa shape index (κ2) is 3.03. The third kappa shape index (κ3) is 7.71. The Bertz CT molecular complexity index is 78.4. The average Bonchev–Trinajstić information content (AvgIpc) is 1.59. The molecular formula is C4H6F3O2. The molecule has 0 aliphatic rings. The van der Waals surface area contributed by atoms with Gasteiger partial charge in [0.1, 0.15) is 6.61 Å². The van der Waals surface area contributed by atoms with Gasteiger partial charge in [0, 0.05) is 0 Å². The highest BCUT2D eigenvalue weighted by atomic mass is 19.4. The predicted molar refractivity (Wildman–Crippen MR) is 22.2 cm³/mol. The molecule has 1 radical (unpaired) electrons. The molecule has 0 N–H and O–H groups in total. The number of alkyl halides is 3. The molecule has 9 heavy (non-hydrogen) atoms. The third-order valence-electron chi connectivity index (χ3n) is 0.482. The lowest BCUT2D eigenvalue weighted by molar-refractivity contribution is -0.224. The highest BCUT2D eigenvalue weighted by molar-refractivity contribution is 4.44. The van der Waals surface area contributed by atoms with Crippen molar-refractivity contribution in [3.8, 4) is 0 Å². The Kier molecular flexibility index (Phi) is 2.93. The summed E-state index contributed by atoms with van der Waals surface area (Å²) < 4.78 is 37.2. The third-order valence-corrected chi connectivity index (χ3v) is 0.482. The molecule has 0 saturated heterocycles. The fourth-order valence-electron chi connectivity index (χ4n) is 0.212. The summed E-state index contributed by atoms with van der Waals surface area (Å²) in [7, 11) is 0. The Balaban J connectivity index is 3.28. The topological polar surface area (TPSA) is 29.1 Å². The van der Waals surface area contributed by atoms with E-state index >= 15 is 0 Å². The number of hydrogen-bond acceptors (Lipinski definition) is 1. The molecule has 0 aromatic carbocycles. The lowest BCUT2D eigenvalue weighted by atomic mass is 10.7. The summed E-state index contributed by atoms with van der Waals surface area (Å²) >= 11 is 0. The van der Waals surface area contributed by atoms with E-state index in [1.54, 1.807) is 0 Å². The van der Waals surface area contributed by atoms with Gasteiger partial charge in [0.05, 0.1) is 0 Å². The Labute approximate surface area is 50.2 Å². The van der Waals surface area contributed by atoms with Crippen molar-refractivity contribution in [3.63, 3.8) is 0 Å². The molecular weight excluding hydrogens is 137 g/mol. The summed E-state index contributed by atoms with van der Waals surface area (Å²) in [4.78, 5) is 0. The molecule has 1 atom stereocenters.